The van der Waals surface area contributed by atoms with Gasteiger partial charge in [-0.25, -0.2) is 0 Å². The highest BCUT2D eigenvalue weighted by molar-refractivity contribution is 5.91. The normalized spacial score (nSPS) is 12.0. The first-order valence-electron chi connectivity index (χ1n) is 9.15. The lowest BCUT2D eigenvalue weighted by Crippen LogP contribution is -3.11. The number of carbonyl (C=O) groups excluding carboxylic acids is 1. The Hall–Kier alpha value is -3.13. The van der Waals surface area contributed by atoms with Crippen molar-refractivity contribution in [2.75, 3.05) is 25.5 Å². The number of hydrogen-bond acceptors (Lipinski definition) is 6. The number of likely N-dealkylation sites (N-methyl/N-ethyl adjacent to an activating group) is 1. The molecule has 3 rings (SSSR count). The van der Waals surface area contributed by atoms with Gasteiger partial charge in [0.25, 0.3) is 17.7 Å². The first-order chi connectivity index (χ1) is 13.5. The summed E-state index contributed by atoms with van der Waals surface area (Å²) in [4.78, 5) is 13.4. The van der Waals surface area contributed by atoms with Crippen LogP contribution in [0.2, 0.25) is 0 Å². The molecule has 2 N–H and O–H groups in total. The number of aromatic nitrogens is 2. The van der Waals surface area contributed by atoms with Gasteiger partial charge >= 0.3 is 0 Å². The SMILES string of the molecule is CC[NH+](CC(=O)Nc1cccc(OC)c1)Cc1nnc(-c2cc(C)oc2C)o1. The molecule has 0 radical (unpaired) electrons. The van der Waals surface area contributed by atoms with E-state index in [4.69, 9.17) is 13.6 Å². The van der Waals surface area contributed by atoms with Gasteiger partial charge in [-0.15, -0.1) is 10.2 Å². The molecule has 0 bridgehead atoms. The maximum Gasteiger partial charge on any atom is 0.279 e. The number of amides is 1. The van der Waals surface area contributed by atoms with Crippen LogP contribution < -0.4 is 15.0 Å². The summed E-state index contributed by atoms with van der Waals surface area (Å²) in [6.45, 7) is 7.23. The van der Waals surface area contributed by atoms with Crippen LogP contribution in [0.25, 0.3) is 11.5 Å². The second-order valence-corrected chi connectivity index (χ2v) is 6.57. The zero-order chi connectivity index (χ0) is 20.1. The van der Waals surface area contributed by atoms with Crippen molar-refractivity contribution in [2.24, 2.45) is 0 Å². The van der Waals surface area contributed by atoms with Gasteiger partial charge in [-0.05, 0) is 39.0 Å². The van der Waals surface area contributed by atoms with Crippen molar-refractivity contribution in [2.45, 2.75) is 27.3 Å². The molecule has 1 aromatic carbocycles. The highest BCUT2D eigenvalue weighted by Gasteiger charge is 2.19. The summed E-state index contributed by atoms with van der Waals surface area (Å²) in [5.41, 5.74) is 1.50. The Kier molecular flexibility index (Phi) is 6.10. The molecule has 0 spiro atoms. The Morgan fingerprint density at radius 2 is 2.04 bits per heavy atom. The quantitative estimate of drug-likeness (QED) is 0.616. The van der Waals surface area contributed by atoms with Gasteiger partial charge in [0.15, 0.2) is 13.1 Å². The minimum atomic E-state index is -0.0915. The van der Waals surface area contributed by atoms with Gasteiger partial charge in [-0.2, -0.15) is 0 Å². The summed E-state index contributed by atoms with van der Waals surface area (Å²) in [7, 11) is 1.59. The summed E-state index contributed by atoms with van der Waals surface area (Å²) in [6, 6.07) is 9.14. The van der Waals surface area contributed by atoms with Crippen LogP contribution in [0.3, 0.4) is 0 Å². The Bertz CT molecular complexity index is 947. The van der Waals surface area contributed by atoms with Crippen molar-refractivity contribution in [3.8, 4) is 17.2 Å². The minimum absolute atomic E-state index is 0.0915. The maximum absolute atomic E-state index is 12.4. The molecule has 1 unspecified atom stereocenters. The second kappa shape index (κ2) is 8.71. The van der Waals surface area contributed by atoms with Crippen molar-refractivity contribution in [1.82, 2.24) is 10.2 Å². The molecule has 2 aromatic heterocycles. The molecule has 3 aromatic rings. The van der Waals surface area contributed by atoms with Crippen LogP contribution in [-0.4, -0.2) is 36.3 Å². The summed E-state index contributed by atoms with van der Waals surface area (Å²) >= 11 is 0. The molecule has 8 heteroatoms. The van der Waals surface area contributed by atoms with Gasteiger partial charge in [0.2, 0.25) is 0 Å². The fourth-order valence-electron chi connectivity index (χ4n) is 2.94. The Balaban J connectivity index is 1.61. The second-order valence-electron chi connectivity index (χ2n) is 6.57. The number of nitrogens with zero attached hydrogens (tertiary/aromatic N) is 2. The zero-order valence-corrected chi connectivity index (χ0v) is 16.5. The Morgan fingerprint density at radius 3 is 2.71 bits per heavy atom. The van der Waals surface area contributed by atoms with Gasteiger partial charge in [0.1, 0.15) is 17.3 Å². The molecule has 8 nitrogen and oxygen atoms in total. The zero-order valence-electron chi connectivity index (χ0n) is 16.5. The Morgan fingerprint density at radius 1 is 1.21 bits per heavy atom. The number of ether oxygens (including phenoxy) is 1. The molecule has 0 saturated heterocycles. The van der Waals surface area contributed by atoms with Crippen LogP contribution in [0.5, 0.6) is 5.75 Å². The molecule has 28 heavy (non-hydrogen) atoms. The van der Waals surface area contributed by atoms with Crippen LogP contribution >= 0.6 is 0 Å². The Labute approximate surface area is 163 Å². The van der Waals surface area contributed by atoms with Crippen molar-refractivity contribution < 1.29 is 23.3 Å². The van der Waals surface area contributed by atoms with E-state index in [1.54, 1.807) is 13.2 Å². The van der Waals surface area contributed by atoms with Crippen molar-refractivity contribution >= 4 is 11.6 Å². The predicted octanol–water partition coefficient (Wildman–Crippen LogP) is 2.00. The summed E-state index contributed by atoms with van der Waals surface area (Å²) in [5.74, 6) is 3.05. The molecule has 1 atom stereocenters. The number of rotatable bonds is 8. The summed E-state index contributed by atoms with van der Waals surface area (Å²) < 4.78 is 16.5. The number of furan rings is 1. The molecular weight excluding hydrogens is 360 g/mol. The number of benzene rings is 1. The highest BCUT2D eigenvalue weighted by Crippen LogP contribution is 2.25. The van der Waals surface area contributed by atoms with E-state index in [0.717, 1.165) is 28.5 Å². The third kappa shape index (κ3) is 4.77. The number of hydrogen-bond donors (Lipinski definition) is 2. The molecule has 0 aliphatic rings. The number of quaternary nitrogens is 1. The lowest BCUT2D eigenvalue weighted by Gasteiger charge is -2.15. The minimum Gasteiger partial charge on any atom is -0.497 e. The number of carbonyl (C=O) groups is 1. The topological polar surface area (TPSA) is 94.8 Å². The molecule has 0 fully saturated rings. The molecule has 148 valence electrons. The van der Waals surface area contributed by atoms with Gasteiger partial charge < -0.3 is 23.8 Å². The fourth-order valence-corrected chi connectivity index (χ4v) is 2.94. The third-order valence-electron chi connectivity index (χ3n) is 4.40. The maximum atomic E-state index is 12.4. The largest absolute Gasteiger partial charge is 0.497 e. The van der Waals surface area contributed by atoms with Gasteiger partial charge in [-0.3, -0.25) is 4.79 Å². The summed E-state index contributed by atoms with van der Waals surface area (Å²) in [6.07, 6.45) is 0. The van der Waals surface area contributed by atoms with E-state index >= 15 is 0 Å². The summed E-state index contributed by atoms with van der Waals surface area (Å²) in [5, 5.41) is 11.1. The van der Waals surface area contributed by atoms with Crippen molar-refractivity contribution in [3.05, 3.63) is 47.7 Å². The number of nitrogens with one attached hydrogen (secondary N) is 2. The van der Waals surface area contributed by atoms with Crippen LogP contribution in [0.15, 0.2) is 39.2 Å². The third-order valence-corrected chi connectivity index (χ3v) is 4.40. The lowest BCUT2D eigenvalue weighted by atomic mass is 10.2. The lowest BCUT2D eigenvalue weighted by molar-refractivity contribution is -0.905. The van der Waals surface area contributed by atoms with Gasteiger partial charge in [0, 0.05) is 11.8 Å². The first kappa shape index (κ1) is 19.6. The number of methoxy groups -OCH3 is 1. The standard InChI is InChI=1S/C20H24N4O4/c1-5-24(11-18(25)21-15-7-6-8-16(10-15)26-4)12-19-22-23-20(28-19)17-9-13(2)27-14(17)3/h6-10H,5,11-12H2,1-4H3,(H,21,25)/p+1. The molecule has 0 saturated carbocycles. The molecular formula is C20H25N4O4+. The number of aryl methyl sites for hydroxylation is 2. The number of anilines is 1. The van der Waals surface area contributed by atoms with Crippen LogP contribution in [0.4, 0.5) is 5.69 Å². The van der Waals surface area contributed by atoms with Crippen molar-refractivity contribution in [3.63, 3.8) is 0 Å². The van der Waals surface area contributed by atoms with Gasteiger partial charge in [-0.1, -0.05) is 6.07 Å². The van der Waals surface area contributed by atoms with E-state index < -0.39 is 0 Å². The average Bonchev–Trinajstić information content (AvgIpc) is 3.26. The fraction of sp³-hybridized carbons (Fsp3) is 0.350. The van der Waals surface area contributed by atoms with Crippen molar-refractivity contribution in [1.29, 1.82) is 0 Å². The van der Waals surface area contributed by atoms with E-state index in [9.17, 15) is 4.79 Å². The van der Waals surface area contributed by atoms with E-state index in [2.05, 4.69) is 15.5 Å². The van der Waals surface area contributed by atoms with Crippen LogP contribution in [0, 0.1) is 13.8 Å². The van der Waals surface area contributed by atoms with E-state index in [1.807, 2.05) is 45.0 Å². The highest BCUT2D eigenvalue weighted by atomic mass is 16.5. The van der Waals surface area contributed by atoms with E-state index in [1.165, 1.54) is 0 Å². The van der Waals surface area contributed by atoms with Crippen LogP contribution in [0.1, 0.15) is 24.3 Å². The smallest absolute Gasteiger partial charge is 0.279 e. The molecule has 0 aliphatic carbocycles. The monoisotopic (exact) mass is 385 g/mol. The molecule has 1 amide bonds. The first-order valence-corrected chi connectivity index (χ1v) is 9.15. The molecule has 2 heterocycles. The van der Waals surface area contributed by atoms with E-state index in [0.29, 0.717) is 29.8 Å². The predicted molar refractivity (Wildman–Crippen MR) is 103 cm³/mol. The average molecular weight is 385 g/mol. The van der Waals surface area contributed by atoms with Gasteiger partial charge in [0.05, 0.1) is 19.2 Å². The van der Waals surface area contributed by atoms with E-state index in [-0.39, 0.29) is 12.5 Å². The molecule has 0 aliphatic heterocycles. The van der Waals surface area contributed by atoms with Crippen LogP contribution in [-0.2, 0) is 11.3 Å².